The van der Waals surface area contributed by atoms with Gasteiger partial charge in [-0.15, -0.1) is 11.3 Å². The summed E-state index contributed by atoms with van der Waals surface area (Å²) in [6.45, 7) is 3.81. The number of carbonyl (C=O) groups is 4. The summed E-state index contributed by atoms with van der Waals surface area (Å²) in [4.78, 5) is 53.0. The fraction of sp³-hybridized carbons (Fsp3) is 0.409. The summed E-state index contributed by atoms with van der Waals surface area (Å²) in [7, 11) is 1.09. The van der Waals surface area contributed by atoms with Crippen LogP contribution >= 0.6 is 11.3 Å². The van der Waals surface area contributed by atoms with E-state index in [1.54, 1.807) is 45.0 Å². The summed E-state index contributed by atoms with van der Waals surface area (Å²) in [5.74, 6) is -3.00. The SMILES string of the molecule is COC(=O)[C@H](CO)NC(=O)[C@H](CO)NC(=O)c1csc(-c2cccc(C(=O)OC(C)(C)C)c2)n1. The van der Waals surface area contributed by atoms with E-state index in [0.29, 0.717) is 16.1 Å². The normalized spacial score (nSPS) is 12.9. The van der Waals surface area contributed by atoms with Crippen molar-refractivity contribution in [3.8, 4) is 10.6 Å². The first-order valence-electron chi connectivity index (χ1n) is 10.2. The van der Waals surface area contributed by atoms with Crippen LogP contribution in [0.2, 0.25) is 0 Å². The van der Waals surface area contributed by atoms with Crippen LogP contribution in [-0.4, -0.2) is 77.0 Å². The predicted molar refractivity (Wildman–Crippen MR) is 122 cm³/mol. The Morgan fingerprint density at radius 2 is 1.76 bits per heavy atom. The third-order valence-electron chi connectivity index (χ3n) is 4.27. The highest BCUT2D eigenvalue weighted by atomic mass is 32.1. The summed E-state index contributed by atoms with van der Waals surface area (Å²) >= 11 is 1.15. The maximum absolute atomic E-state index is 12.6. The number of nitrogens with one attached hydrogen (secondary N) is 2. The van der Waals surface area contributed by atoms with E-state index in [1.165, 1.54) is 5.38 Å². The molecule has 0 spiro atoms. The smallest absolute Gasteiger partial charge is 0.338 e. The van der Waals surface area contributed by atoms with E-state index in [0.717, 1.165) is 18.4 Å². The van der Waals surface area contributed by atoms with Crippen LogP contribution in [-0.2, 0) is 19.1 Å². The number of benzene rings is 1. The largest absolute Gasteiger partial charge is 0.467 e. The first kappa shape index (κ1) is 26.9. The summed E-state index contributed by atoms with van der Waals surface area (Å²) in [6.07, 6.45) is 0. The van der Waals surface area contributed by atoms with Gasteiger partial charge in [0.2, 0.25) is 5.91 Å². The number of aromatic nitrogens is 1. The van der Waals surface area contributed by atoms with Gasteiger partial charge in [0, 0.05) is 10.9 Å². The predicted octanol–water partition coefficient (Wildman–Crippen LogP) is 0.506. The van der Waals surface area contributed by atoms with Gasteiger partial charge in [-0.05, 0) is 32.9 Å². The standard InChI is InChI=1S/C22H27N3O8S/c1-22(2,3)33-20(30)13-7-5-6-12(8-13)19-25-16(11-34-19)18(29)23-14(9-26)17(28)24-15(10-27)21(31)32-4/h5-8,11,14-15,26-27H,9-10H2,1-4H3,(H,23,29)(H,24,28)/t14-,15-/m0/s1. The van der Waals surface area contributed by atoms with Crippen molar-refractivity contribution in [3.63, 3.8) is 0 Å². The molecule has 0 aliphatic rings. The molecule has 4 N–H and O–H groups in total. The van der Waals surface area contributed by atoms with Gasteiger partial charge in [0.1, 0.15) is 22.3 Å². The maximum atomic E-state index is 12.6. The van der Waals surface area contributed by atoms with Gasteiger partial charge in [-0.2, -0.15) is 0 Å². The van der Waals surface area contributed by atoms with Crippen LogP contribution in [0.5, 0.6) is 0 Å². The molecule has 2 atom stereocenters. The average molecular weight is 494 g/mol. The van der Waals surface area contributed by atoms with E-state index in [9.17, 15) is 29.4 Å². The number of thiazole rings is 1. The molecule has 184 valence electrons. The number of ether oxygens (including phenoxy) is 2. The molecule has 1 heterocycles. The Bertz CT molecular complexity index is 1050. The van der Waals surface area contributed by atoms with Gasteiger partial charge in [-0.3, -0.25) is 9.59 Å². The van der Waals surface area contributed by atoms with Crippen LogP contribution in [0.1, 0.15) is 41.6 Å². The molecule has 34 heavy (non-hydrogen) atoms. The summed E-state index contributed by atoms with van der Waals surface area (Å²) in [5.41, 5.74) is 0.256. The molecular weight excluding hydrogens is 466 g/mol. The van der Waals surface area contributed by atoms with E-state index in [1.807, 2.05) is 0 Å². The maximum Gasteiger partial charge on any atom is 0.338 e. The van der Waals surface area contributed by atoms with Crippen molar-refractivity contribution in [2.75, 3.05) is 20.3 Å². The van der Waals surface area contributed by atoms with E-state index in [4.69, 9.17) is 4.74 Å². The van der Waals surface area contributed by atoms with Crippen molar-refractivity contribution in [1.29, 1.82) is 0 Å². The lowest BCUT2D eigenvalue weighted by Gasteiger charge is -2.19. The second-order valence-corrected chi connectivity index (χ2v) is 8.95. The Labute approximate surface area is 200 Å². The lowest BCUT2D eigenvalue weighted by Crippen LogP contribution is -2.54. The lowest BCUT2D eigenvalue weighted by molar-refractivity contribution is -0.146. The number of hydrogen-bond acceptors (Lipinski definition) is 10. The second-order valence-electron chi connectivity index (χ2n) is 8.10. The van der Waals surface area contributed by atoms with Gasteiger partial charge in [0.15, 0.2) is 6.04 Å². The minimum Gasteiger partial charge on any atom is -0.467 e. The molecule has 0 aliphatic carbocycles. The molecule has 2 amide bonds. The zero-order chi connectivity index (χ0) is 25.5. The summed E-state index contributed by atoms with van der Waals surface area (Å²) in [5, 5.41) is 25.1. The van der Waals surface area contributed by atoms with Crippen LogP contribution in [0.3, 0.4) is 0 Å². The Balaban J connectivity index is 2.11. The van der Waals surface area contributed by atoms with Gasteiger partial charge in [0.25, 0.3) is 5.91 Å². The molecule has 12 heteroatoms. The van der Waals surface area contributed by atoms with Gasteiger partial charge >= 0.3 is 11.9 Å². The third-order valence-corrected chi connectivity index (χ3v) is 5.16. The molecule has 11 nitrogen and oxygen atoms in total. The molecule has 0 radical (unpaired) electrons. The molecule has 1 aromatic carbocycles. The zero-order valence-corrected chi connectivity index (χ0v) is 20.0. The number of methoxy groups -OCH3 is 1. The molecule has 0 bridgehead atoms. The highest BCUT2D eigenvalue weighted by molar-refractivity contribution is 7.13. The van der Waals surface area contributed by atoms with E-state index >= 15 is 0 Å². The number of aliphatic hydroxyl groups is 2. The van der Waals surface area contributed by atoms with Crippen molar-refractivity contribution in [2.45, 2.75) is 38.5 Å². The topological polar surface area (TPSA) is 164 Å². The van der Waals surface area contributed by atoms with Crippen molar-refractivity contribution < 1.29 is 38.9 Å². The molecule has 0 saturated heterocycles. The fourth-order valence-electron chi connectivity index (χ4n) is 2.65. The van der Waals surface area contributed by atoms with Crippen LogP contribution in [0, 0.1) is 0 Å². The van der Waals surface area contributed by atoms with E-state index < -0.39 is 54.7 Å². The van der Waals surface area contributed by atoms with Gasteiger partial charge in [0.05, 0.1) is 25.9 Å². The first-order chi connectivity index (χ1) is 16.0. The quantitative estimate of drug-likeness (QED) is 0.364. The number of hydrogen-bond donors (Lipinski definition) is 4. The highest BCUT2D eigenvalue weighted by Crippen LogP contribution is 2.25. The Hall–Kier alpha value is -3.35. The molecule has 0 aliphatic heterocycles. The molecule has 2 aromatic rings. The van der Waals surface area contributed by atoms with Gasteiger partial charge < -0.3 is 30.3 Å². The number of carbonyl (C=O) groups excluding carboxylic acids is 4. The monoisotopic (exact) mass is 493 g/mol. The lowest BCUT2D eigenvalue weighted by atomic mass is 10.1. The van der Waals surface area contributed by atoms with Crippen molar-refractivity contribution >= 4 is 35.1 Å². The summed E-state index contributed by atoms with van der Waals surface area (Å²) < 4.78 is 9.83. The zero-order valence-electron chi connectivity index (χ0n) is 19.2. The van der Waals surface area contributed by atoms with Gasteiger partial charge in [-0.25, -0.2) is 14.6 Å². The van der Waals surface area contributed by atoms with Crippen molar-refractivity contribution in [2.24, 2.45) is 0 Å². The molecule has 0 unspecified atom stereocenters. The molecular formula is C22H27N3O8S. The number of amides is 2. The van der Waals surface area contributed by atoms with Crippen LogP contribution in [0.4, 0.5) is 0 Å². The van der Waals surface area contributed by atoms with Crippen LogP contribution in [0.15, 0.2) is 29.6 Å². The van der Waals surface area contributed by atoms with E-state index in [2.05, 4.69) is 20.4 Å². The minimum atomic E-state index is -1.40. The number of aliphatic hydroxyl groups excluding tert-OH is 2. The summed E-state index contributed by atoms with van der Waals surface area (Å²) in [6, 6.07) is 3.86. The number of rotatable bonds is 9. The third kappa shape index (κ3) is 7.33. The second kappa shape index (κ2) is 11.7. The van der Waals surface area contributed by atoms with Crippen LogP contribution < -0.4 is 10.6 Å². The fourth-order valence-corrected chi connectivity index (χ4v) is 3.44. The minimum absolute atomic E-state index is 0.0133. The van der Waals surface area contributed by atoms with Gasteiger partial charge in [-0.1, -0.05) is 12.1 Å². The molecule has 1 aromatic heterocycles. The Kier molecular flexibility index (Phi) is 9.24. The molecule has 2 rings (SSSR count). The van der Waals surface area contributed by atoms with Crippen molar-refractivity contribution in [3.05, 3.63) is 40.9 Å². The first-order valence-corrected chi connectivity index (χ1v) is 11.1. The van der Waals surface area contributed by atoms with Crippen LogP contribution in [0.25, 0.3) is 10.6 Å². The van der Waals surface area contributed by atoms with Crippen molar-refractivity contribution in [1.82, 2.24) is 15.6 Å². The Morgan fingerprint density at radius 3 is 2.35 bits per heavy atom. The van der Waals surface area contributed by atoms with E-state index in [-0.39, 0.29) is 5.69 Å². The number of esters is 2. The average Bonchev–Trinajstić information content (AvgIpc) is 3.29. The Morgan fingerprint density at radius 1 is 1.09 bits per heavy atom. The molecule has 0 saturated carbocycles. The molecule has 0 fully saturated rings. The number of nitrogens with zero attached hydrogens (tertiary/aromatic N) is 1. The highest BCUT2D eigenvalue weighted by Gasteiger charge is 2.27.